The van der Waals surface area contributed by atoms with E-state index in [1.54, 1.807) is 20.3 Å². The summed E-state index contributed by atoms with van der Waals surface area (Å²) in [6.07, 6.45) is 7.59. The van der Waals surface area contributed by atoms with Gasteiger partial charge in [0.25, 0.3) is 20.2 Å². The van der Waals surface area contributed by atoms with Crippen LogP contribution in [0.25, 0.3) is 17.4 Å². The first-order valence-corrected chi connectivity index (χ1v) is 23.6. The fourth-order valence-electron chi connectivity index (χ4n) is 7.56. The standard InChI is InChI=1S/C44H62N2O13S2/c1-43(2,3)37-31-34(59-40-30-33(15-17-36(37)40)45(21-23-57-27-25-55-5)22-24-58-28-26-56-6)12-10-13-41-44(4,19-11-29-60(49,50)51)38-32-35(61(52,53)54)16-18-39(38)46(41)20-9-7-8-14-42(47)48/h10,12-13,15-18,30-32H,7-9,11,14,19-29H2,1-6H3,(H2-,47,48,49,50,51,52,53,54)/p+1. The van der Waals surface area contributed by atoms with Crippen molar-refractivity contribution >= 4 is 38.0 Å². The summed E-state index contributed by atoms with van der Waals surface area (Å²) < 4.78 is 98.5. The molecule has 17 heteroatoms. The van der Waals surface area contributed by atoms with E-state index in [1.165, 1.54) is 12.1 Å². The number of ether oxygens (including phenoxy) is 4. The number of hydrogen-bond acceptors (Lipinski definition) is 11. The third-order valence-corrected chi connectivity index (χ3v) is 12.3. The van der Waals surface area contributed by atoms with Crippen LogP contribution in [0.2, 0.25) is 0 Å². The first kappa shape index (κ1) is 49.7. The summed E-state index contributed by atoms with van der Waals surface area (Å²) >= 11 is 0. The van der Waals surface area contributed by atoms with Gasteiger partial charge in [-0.25, -0.2) is 4.58 Å². The minimum atomic E-state index is -4.58. The van der Waals surface area contributed by atoms with Crippen molar-refractivity contribution in [3.63, 3.8) is 0 Å². The van der Waals surface area contributed by atoms with Crippen LogP contribution in [-0.2, 0) is 54.8 Å². The van der Waals surface area contributed by atoms with Crippen LogP contribution < -0.4 is 14.8 Å². The molecular formula is C44H63N2O13S2+. The van der Waals surface area contributed by atoms with Gasteiger partial charge in [-0.2, -0.15) is 16.8 Å². The Morgan fingerprint density at radius 2 is 1.54 bits per heavy atom. The molecule has 0 spiro atoms. The first-order chi connectivity index (χ1) is 28.8. The van der Waals surface area contributed by atoms with Gasteiger partial charge in [-0.15, -0.1) is 0 Å². The highest BCUT2D eigenvalue weighted by molar-refractivity contribution is 7.86. The Labute approximate surface area is 360 Å². The second kappa shape index (κ2) is 22.4. The minimum Gasteiger partial charge on any atom is -0.481 e. The molecule has 3 N–H and O–H groups in total. The molecule has 4 rings (SSSR count). The number of carboxylic acids is 1. The summed E-state index contributed by atoms with van der Waals surface area (Å²) in [5.41, 5.74) is 2.78. The van der Waals surface area contributed by atoms with Crippen molar-refractivity contribution in [2.45, 2.75) is 81.9 Å². The maximum atomic E-state index is 12.3. The highest BCUT2D eigenvalue weighted by Crippen LogP contribution is 2.51. The van der Waals surface area contributed by atoms with E-state index in [0.717, 1.165) is 22.2 Å². The fraction of sp³-hybridized carbons (Fsp3) is 0.545. The molecular weight excluding hydrogens is 829 g/mol. The maximum absolute atomic E-state index is 12.3. The second-order valence-electron chi connectivity index (χ2n) is 16.3. The third-order valence-electron chi connectivity index (χ3n) is 10.7. The van der Waals surface area contributed by atoms with Crippen molar-refractivity contribution in [1.29, 1.82) is 0 Å². The molecule has 1 aliphatic carbocycles. The number of carbonyl (C=O) groups is 1. The second-order valence-corrected chi connectivity index (χ2v) is 19.3. The largest absolute Gasteiger partial charge is 0.481 e. The molecule has 1 aromatic carbocycles. The average Bonchev–Trinajstić information content (AvgIpc) is 3.40. The number of allylic oxidation sites excluding steroid dienone is 3. The smallest absolute Gasteiger partial charge is 0.303 e. The van der Waals surface area contributed by atoms with E-state index < -0.39 is 37.4 Å². The van der Waals surface area contributed by atoms with Crippen molar-refractivity contribution in [1.82, 2.24) is 4.58 Å². The highest BCUT2D eigenvalue weighted by atomic mass is 32.2. The van der Waals surface area contributed by atoms with Gasteiger partial charge >= 0.3 is 5.97 Å². The Hall–Kier alpha value is -3.94. The van der Waals surface area contributed by atoms with E-state index in [0.29, 0.717) is 101 Å². The monoisotopic (exact) mass is 891 g/mol. The van der Waals surface area contributed by atoms with Gasteiger partial charge in [0.1, 0.15) is 24.7 Å². The molecule has 0 fully saturated rings. The van der Waals surface area contributed by atoms with Gasteiger partial charge in [0.15, 0.2) is 13.1 Å². The third kappa shape index (κ3) is 14.6. The first-order valence-electron chi connectivity index (χ1n) is 20.5. The normalized spacial score (nSPS) is 16.6. The SMILES string of the molecule is COCCOCC[N+](CCOCCOC)=c1ccc2c(C(C)(C)C)cc(C=CC=C3N(CCCCCC(=O)O)c4ccc(S(=O)(=O)O)cc4C3(C)CCCS(=O)(=O)O)oc-2c1. The summed E-state index contributed by atoms with van der Waals surface area (Å²) in [5, 5.41) is 10.1. The van der Waals surface area contributed by atoms with Crippen molar-refractivity contribution in [2.75, 3.05) is 84.1 Å². The van der Waals surface area contributed by atoms with Crippen LogP contribution in [0.3, 0.4) is 0 Å². The Bertz CT molecular complexity index is 2240. The van der Waals surface area contributed by atoms with Gasteiger partial charge in [-0.1, -0.05) is 33.3 Å². The van der Waals surface area contributed by atoms with E-state index >= 15 is 0 Å². The van der Waals surface area contributed by atoms with E-state index in [9.17, 15) is 35.8 Å². The van der Waals surface area contributed by atoms with Crippen LogP contribution in [0.15, 0.2) is 69.6 Å². The molecule has 338 valence electrons. The highest BCUT2D eigenvalue weighted by Gasteiger charge is 2.43. The van der Waals surface area contributed by atoms with E-state index in [1.807, 2.05) is 42.2 Å². The number of fused-ring (bicyclic) bond motifs is 2. The van der Waals surface area contributed by atoms with Gasteiger partial charge in [0.2, 0.25) is 5.36 Å². The van der Waals surface area contributed by atoms with E-state index in [4.69, 9.17) is 23.4 Å². The Kier molecular flexibility index (Phi) is 18.3. The maximum Gasteiger partial charge on any atom is 0.303 e. The van der Waals surface area contributed by atoms with Gasteiger partial charge < -0.3 is 33.4 Å². The summed E-state index contributed by atoms with van der Waals surface area (Å²) in [4.78, 5) is 12.9. The Balaban J connectivity index is 1.83. The van der Waals surface area contributed by atoms with Crippen molar-refractivity contribution in [3.8, 4) is 11.3 Å². The van der Waals surface area contributed by atoms with Crippen LogP contribution >= 0.6 is 0 Å². The molecule has 0 saturated carbocycles. The number of carboxylic acid groups (broad SMARTS) is 1. The zero-order valence-corrected chi connectivity index (χ0v) is 37.9. The molecule has 1 aromatic rings. The Morgan fingerprint density at radius 1 is 0.869 bits per heavy atom. The predicted octanol–water partition coefficient (Wildman–Crippen LogP) is 6.01. The number of hydrogen-bond donors (Lipinski definition) is 3. The van der Waals surface area contributed by atoms with Crippen molar-refractivity contribution in [3.05, 3.63) is 82.6 Å². The molecule has 3 aliphatic rings. The number of aliphatic carboxylic acids is 1. The van der Waals surface area contributed by atoms with Gasteiger partial charge in [0.05, 0.1) is 43.1 Å². The lowest BCUT2D eigenvalue weighted by atomic mass is 9.77. The molecule has 0 bridgehead atoms. The van der Waals surface area contributed by atoms with Gasteiger partial charge in [0, 0.05) is 55.6 Å². The Morgan fingerprint density at radius 3 is 2.13 bits per heavy atom. The fourth-order valence-corrected chi connectivity index (χ4v) is 8.58. The number of rotatable bonds is 25. The quantitative estimate of drug-likeness (QED) is 0.0507. The number of anilines is 1. The van der Waals surface area contributed by atoms with Crippen LogP contribution in [0.1, 0.15) is 83.1 Å². The summed E-state index contributed by atoms with van der Waals surface area (Å²) in [6, 6.07) is 12.5. The molecule has 0 radical (unpaired) electrons. The molecule has 2 aliphatic heterocycles. The molecule has 0 amide bonds. The summed E-state index contributed by atoms with van der Waals surface area (Å²) in [5.74, 6) is -0.135. The number of nitrogens with zero attached hydrogens (tertiary/aromatic N) is 2. The van der Waals surface area contributed by atoms with Crippen LogP contribution in [0.5, 0.6) is 0 Å². The molecule has 0 saturated heterocycles. The van der Waals surface area contributed by atoms with Crippen LogP contribution in [0, 0.1) is 0 Å². The zero-order valence-electron chi connectivity index (χ0n) is 36.2. The summed E-state index contributed by atoms with van der Waals surface area (Å²) in [6.45, 7) is 12.9. The lowest BCUT2D eigenvalue weighted by Gasteiger charge is -2.30. The predicted molar refractivity (Wildman–Crippen MR) is 234 cm³/mol. The minimum absolute atomic E-state index is 0.0328. The van der Waals surface area contributed by atoms with Crippen LogP contribution in [-0.4, -0.2) is 116 Å². The number of unbranched alkanes of at least 4 members (excludes halogenated alkanes) is 2. The topological polar surface area (TPSA) is 202 Å². The average molecular weight is 892 g/mol. The summed E-state index contributed by atoms with van der Waals surface area (Å²) in [7, 11) is -5.60. The zero-order chi connectivity index (χ0) is 44.8. The van der Waals surface area contributed by atoms with E-state index in [2.05, 4.69) is 37.5 Å². The van der Waals surface area contributed by atoms with Crippen molar-refractivity contribution < 1.29 is 59.2 Å². The van der Waals surface area contributed by atoms with E-state index in [-0.39, 0.29) is 29.6 Å². The van der Waals surface area contributed by atoms with Crippen molar-refractivity contribution in [2.24, 2.45) is 0 Å². The molecule has 1 unspecified atom stereocenters. The molecule has 1 atom stereocenters. The molecule has 61 heavy (non-hydrogen) atoms. The van der Waals surface area contributed by atoms with Crippen LogP contribution in [0.4, 0.5) is 5.69 Å². The molecule has 2 heterocycles. The lowest BCUT2D eigenvalue weighted by Crippen LogP contribution is -2.36. The van der Waals surface area contributed by atoms with Gasteiger partial charge in [-0.05, 0) is 91.6 Å². The lowest BCUT2D eigenvalue weighted by molar-refractivity contribution is -0.137. The molecule has 15 nitrogen and oxygen atoms in total. The number of benzene rings is 2. The molecule has 0 aromatic heterocycles. The number of methoxy groups -OCH3 is 2. The van der Waals surface area contributed by atoms with Gasteiger partial charge in [-0.3, -0.25) is 13.9 Å².